The highest BCUT2D eigenvalue weighted by molar-refractivity contribution is 5.92. The Balaban J connectivity index is 1.51. The molecule has 0 saturated carbocycles. The largest absolute Gasteiger partial charge is 0.466 e. The van der Waals surface area contributed by atoms with Crippen molar-refractivity contribution in [3.8, 4) is 0 Å². The van der Waals surface area contributed by atoms with Crippen molar-refractivity contribution in [2.45, 2.75) is 59.7 Å². The van der Waals surface area contributed by atoms with Gasteiger partial charge in [-0.2, -0.15) is 0 Å². The number of oxazole rings is 1. The Hall–Kier alpha value is -3.45. The Morgan fingerprint density at radius 1 is 1.16 bits per heavy atom. The highest BCUT2D eigenvalue weighted by Gasteiger charge is 2.31. The number of carbonyl (C=O) groups is 2. The number of esters is 1. The Labute approximate surface area is 219 Å². The maximum Gasteiger partial charge on any atom is 0.310 e. The van der Waals surface area contributed by atoms with Gasteiger partial charge in [0, 0.05) is 25.7 Å². The lowest BCUT2D eigenvalue weighted by Gasteiger charge is -2.31. The molecule has 0 radical (unpaired) electrons. The Morgan fingerprint density at radius 2 is 1.95 bits per heavy atom. The molecule has 0 bridgehead atoms. The number of carbonyl (C=O) groups excluding carboxylic acids is 2. The van der Waals surface area contributed by atoms with Gasteiger partial charge in [-0.25, -0.2) is 4.98 Å². The molecule has 0 N–H and O–H groups in total. The molecule has 7 heteroatoms. The fourth-order valence-corrected chi connectivity index (χ4v) is 4.89. The number of piperidine rings is 1. The summed E-state index contributed by atoms with van der Waals surface area (Å²) >= 11 is 0. The Morgan fingerprint density at radius 3 is 2.70 bits per heavy atom. The molecular formula is C30H37N3O4. The van der Waals surface area contributed by atoms with E-state index in [9.17, 15) is 9.59 Å². The molecule has 3 aromatic rings. The van der Waals surface area contributed by atoms with Crippen molar-refractivity contribution in [1.82, 2.24) is 14.8 Å². The molecule has 1 fully saturated rings. The lowest BCUT2D eigenvalue weighted by atomic mass is 9.98. The van der Waals surface area contributed by atoms with Crippen molar-refractivity contribution < 1.29 is 18.7 Å². The molecule has 2 aromatic carbocycles. The topological polar surface area (TPSA) is 75.9 Å². The van der Waals surface area contributed by atoms with E-state index in [1.54, 1.807) is 11.8 Å². The van der Waals surface area contributed by atoms with Crippen LogP contribution >= 0.6 is 0 Å². The maximum atomic E-state index is 13.2. The minimum Gasteiger partial charge on any atom is -0.466 e. The van der Waals surface area contributed by atoms with E-state index in [2.05, 4.69) is 61.0 Å². The first-order valence-electron chi connectivity index (χ1n) is 13.1. The molecule has 1 aliphatic heterocycles. The molecule has 0 spiro atoms. The molecule has 1 amide bonds. The van der Waals surface area contributed by atoms with Crippen molar-refractivity contribution in [3.63, 3.8) is 0 Å². The summed E-state index contributed by atoms with van der Waals surface area (Å²) in [5, 5.41) is 0. The van der Waals surface area contributed by atoms with Gasteiger partial charge in [-0.1, -0.05) is 54.1 Å². The molecule has 2 atom stereocenters. The molecule has 7 nitrogen and oxygen atoms in total. The number of hydrogen-bond donors (Lipinski definition) is 0. The number of hydrogen-bond acceptors (Lipinski definition) is 6. The first-order valence-corrected chi connectivity index (χ1v) is 13.1. The van der Waals surface area contributed by atoms with E-state index in [1.807, 2.05) is 18.2 Å². The molecule has 2 heterocycles. The lowest BCUT2D eigenvalue weighted by Crippen LogP contribution is -2.43. The summed E-state index contributed by atoms with van der Waals surface area (Å²) in [6.45, 7) is 10.7. The van der Waals surface area contributed by atoms with E-state index in [0.29, 0.717) is 32.1 Å². The maximum absolute atomic E-state index is 13.2. The third kappa shape index (κ3) is 6.66. The van der Waals surface area contributed by atoms with Crippen LogP contribution in [0.15, 0.2) is 59.2 Å². The molecular weight excluding hydrogens is 466 g/mol. The molecule has 37 heavy (non-hydrogen) atoms. The predicted octanol–water partition coefficient (Wildman–Crippen LogP) is 5.47. The zero-order valence-corrected chi connectivity index (χ0v) is 22.3. The summed E-state index contributed by atoms with van der Waals surface area (Å²) in [5.74, 6) is -0.238. The standard InChI is InChI=1S/C30H37N3O4/c1-5-36-30(35)25-12-9-15-32(17-25)29(34)27-20-37-28(31-27)19-33(23(4)24-10-7-6-8-11-24)18-26-16-21(2)13-14-22(26)3/h6-8,10-11,13-14,16,20,23,25H,5,9,12,15,17-19H2,1-4H3/t23-,25-/m0/s1. The van der Waals surface area contributed by atoms with Gasteiger partial charge in [-0.05, 0) is 57.2 Å². The van der Waals surface area contributed by atoms with Gasteiger partial charge in [0.05, 0.1) is 19.1 Å². The van der Waals surface area contributed by atoms with Gasteiger partial charge >= 0.3 is 5.97 Å². The van der Waals surface area contributed by atoms with Crippen LogP contribution in [-0.4, -0.2) is 46.4 Å². The van der Waals surface area contributed by atoms with E-state index in [0.717, 1.165) is 19.4 Å². The summed E-state index contributed by atoms with van der Waals surface area (Å²) in [7, 11) is 0. The number of nitrogens with zero attached hydrogens (tertiary/aromatic N) is 3. The van der Waals surface area contributed by atoms with E-state index in [-0.39, 0.29) is 29.5 Å². The van der Waals surface area contributed by atoms with Crippen LogP contribution in [0.25, 0.3) is 0 Å². The summed E-state index contributed by atoms with van der Waals surface area (Å²) in [6.07, 6.45) is 2.93. The van der Waals surface area contributed by atoms with Crippen LogP contribution in [0.1, 0.15) is 71.4 Å². The van der Waals surface area contributed by atoms with Crippen LogP contribution in [0.3, 0.4) is 0 Å². The van der Waals surface area contributed by atoms with Crippen LogP contribution in [-0.2, 0) is 22.6 Å². The molecule has 1 aromatic heterocycles. The minimum atomic E-state index is -0.288. The van der Waals surface area contributed by atoms with Gasteiger partial charge in [-0.15, -0.1) is 0 Å². The first-order chi connectivity index (χ1) is 17.9. The predicted molar refractivity (Wildman–Crippen MR) is 142 cm³/mol. The second-order valence-electron chi connectivity index (χ2n) is 9.89. The van der Waals surface area contributed by atoms with E-state index in [1.165, 1.54) is 28.5 Å². The van der Waals surface area contributed by atoms with Gasteiger partial charge in [0.1, 0.15) is 6.26 Å². The van der Waals surface area contributed by atoms with Crippen molar-refractivity contribution in [3.05, 3.63) is 88.6 Å². The van der Waals surface area contributed by atoms with Crippen LogP contribution in [0.4, 0.5) is 0 Å². The number of ether oxygens (including phenoxy) is 1. The van der Waals surface area contributed by atoms with Crippen molar-refractivity contribution in [2.75, 3.05) is 19.7 Å². The second-order valence-corrected chi connectivity index (χ2v) is 9.89. The smallest absolute Gasteiger partial charge is 0.310 e. The average Bonchev–Trinajstić information content (AvgIpc) is 3.38. The van der Waals surface area contributed by atoms with Gasteiger partial charge in [0.25, 0.3) is 5.91 Å². The number of aromatic nitrogens is 1. The van der Waals surface area contributed by atoms with Gasteiger partial charge < -0.3 is 14.1 Å². The van der Waals surface area contributed by atoms with Gasteiger partial charge in [-0.3, -0.25) is 14.5 Å². The van der Waals surface area contributed by atoms with Gasteiger partial charge in [0.2, 0.25) is 5.89 Å². The number of aryl methyl sites for hydroxylation is 2. The second kappa shape index (κ2) is 12.2. The molecule has 4 rings (SSSR count). The van der Waals surface area contributed by atoms with Gasteiger partial charge in [0.15, 0.2) is 5.69 Å². The molecule has 0 unspecified atom stereocenters. The van der Waals surface area contributed by atoms with Crippen LogP contribution in [0, 0.1) is 19.8 Å². The lowest BCUT2D eigenvalue weighted by molar-refractivity contribution is -0.149. The SMILES string of the molecule is CCOC(=O)[C@H]1CCCN(C(=O)c2coc(CN(Cc3cc(C)ccc3C)[C@@H](C)c3ccccc3)n2)C1. The Bertz CT molecular complexity index is 1210. The van der Waals surface area contributed by atoms with Crippen molar-refractivity contribution >= 4 is 11.9 Å². The average molecular weight is 504 g/mol. The third-order valence-electron chi connectivity index (χ3n) is 7.15. The normalized spacial score (nSPS) is 16.6. The van der Waals surface area contributed by atoms with Crippen molar-refractivity contribution in [1.29, 1.82) is 0 Å². The number of amides is 1. The molecule has 1 saturated heterocycles. The van der Waals surface area contributed by atoms with E-state index in [4.69, 9.17) is 9.15 Å². The first kappa shape index (κ1) is 26.6. The number of likely N-dealkylation sites (tertiary alicyclic amines) is 1. The summed E-state index contributed by atoms with van der Waals surface area (Å²) in [4.78, 5) is 34.0. The summed E-state index contributed by atoms with van der Waals surface area (Å²) in [5.41, 5.74) is 5.19. The zero-order valence-electron chi connectivity index (χ0n) is 22.3. The van der Waals surface area contributed by atoms with E-state index >= 15 is 0 Å². The monoisotopic (exact) mass is 503 g/mol. The zero-order chi connectivity index (χ0) is 26.4. The van der Waals surface area contributed by atoms with Crippen molar-refractivity contribution in [2.24, 2.45) is 5.92 Å². The highest BCUT2D eigenvalue weighted by Crippen LogP contribution is 2.26. The van der Waals surface area contributed by atoms with E-state index < -0.39 is 0 Å². The quantitative estimate of drug-likeness (QED) is 0.361. The molecule has 0 aliphatic carbocycles. The minimum absolute atomic E-state index is 0.111. The number of benzene rings is 2. The fraction of sp³-hybridized carbons (Fsp3) is 0.433. The van der Waals surface area contributed by atoms with Crippen LogP contribution < -0.4 is 0 Å². The number of rotatable bonds is 9. The van der Waals surface area contributed by atoms with Crippen LogP contribution in [0.2, 0.25) is 0 Å². The third-order valence-corrected chi connectivity index (χ3v) is 7.15. The summed E-state index contributed by atoms with van der Waals surface area (Å²) in [6, 6.07) is 17.0. The van der Waals surface area contributed by atoms with Crippen LogP contribution in [0.5, 0.6) is 0 Å². The molecule has 1 aliphatic rings. The Kier molecular flexibility index (Phi) is 8.77. The molecule has 196 valence electrons. The fourth-order valence-electron chi connectivity index (χ4n) is 4.89. The highest BCUT2D eigenvalue weighted by atomic mass is 16.5. The summed E-state index contributed by atoms with van der Waals surface area (Å²) < 4.78 is 11.0.